The first-order valence-corrected chi connectivity index (χ1v) is 6.95. The van der Waals surface area contributed by atoms with E-state index in [2.05, 4.69) is 0 Å². The molecule has 0 bridgehead atoms. The smallest absolute Gasteiger partial charge is 0.200 e. The Balaban J connectivity index is 3.66. The minimum absolute atomic E-state index is 0.751. The molecule has 0 aliphatic rings. The van der Waals surface area contributed by atoms with Crippen LogP contribution in [0.5, 0.6) is 0 Å². The molecule has 0 amide bonds. The fourth-order valence-electron chi connectivity index (χ4n) is 1.21. The van der Waals surface area contributed by atoms with Crippen LogP contribution in [-0.4, -0.2) is 30.9 Å². The highest BCUT2D eigenvalue weighted by Gasteiger charge is 2.33. The highest BCUT2D eigenvalue weighted by molar-refractivity contribution is 8.30. The van der Waals surface area contributed by atoms with Gasteiger partial charge in [-0.2, -0.15) is 10.2 Å². The largest absolute Gasteiger partial charge is 0.270 e. The van der Waals surface area contributed by atoms with Gasteiger partial charge in [0.1, 0.15) is 0 Å². The molecule has 0 atom stereocenters. The van der Waals surface area contributed by atoms with Gasteiger partial charge < -0.3 is 0 Å². The molecule has 1 aromatic carbocycles. The van der Waals surface area contributed by atoms with Crippen LogP contribution in [0.3, 0.4) is 0 Å². The van der Waals surface area contributed by atoms with Gasteiger partial charge >= 0.3 is 0 Å². The van der Waals surface area contributed by atoms with Gasteiger partial charge in [0, 0.05) is 0 Å². The topological polar surface area (TPSA) is 3.24 Å². The van der Waals surface area contributed by atoms with Crippen LogP contribution in [0.4, 0.5) is 22.0 Å². The van der Waals surface area contributed by atoms with Crippen LogP contribution in [0.15, 0.2) is 4.90 Å². The molecule has 7 heteroatoms. The first kappa shape index (κ1) is 14.2. The molecule has 0 unspecified atom stereocenters. The molecule has 17 heavy (non-hydrogen) atoms. The molecule has 0 fully saturated rings. The van der Waals surface area contributed by atoms with E-state index in [9.17, 15) is 22.0 Å². The highest BCUT2D eigenvalue weighted by Crippen LogP contribution is 2.53. The maximum Gasteiger partial charge on any atom is 0.200 e. The minimum Gasteiger partial charge on any atom is -0.270 e. The van der Waals surface area contributed by atoms with Crippen LogP contribution in [0.2, 0.25) is 0 Å². The number of hydrogen-bond donors (Lipinski definition) is 0. The second-order valence-electron chi connectivity index (χ2n) is 3.98. The van der Waals surface area contributed by atoms with Crippen molar-refractivity contribution in [1.82, 2.24) is 4.31 Å². The van der Waals surface area contributed by atoms with E-state index in [0.717, 1.165) is 0 Å². The normalized spacial score (nSPS) is 13.3. The van der Waals surface area contributed by atoms with Crippen LogP contribution < -0.4 is 0 Å². The summed E-state index contributed by atoms with van der Waals surface area (Å²) in [6.07, 6.45) is 2.90. The SMILES string of the molecule is CN(C)S(C)(C)c1c(F)c(F)c(F)c(F)c1F. The minimum atomic E-state index is -2.26. The second kappa shape index (κ2) is 4.45. The average Bonchev–Trinajstić information content (AvgIpc) is 2.23. The number of rotatable bonds is 2. The first-order valence-electron chi connectivity index (χ1n) is 4.54. The molecule has 0 aliphatic heterocycles. The van der Waals surface area contributed by atoms with E-state index in [-0.39, 0.29) is 0 Å². The fraction of sp³-hybridized carbons (Fsp3) is 0.400. The van der Waals surface area contributed by atoms with E-state index < -0.39 is 44.2 Å². The molecule has 1 rings (SSSR count). The Labute approximate surface area is 97.7 Å². The third-order valence-electron chi connectivity index (χ3n) is 2.58. The molecular formula is C10H12F5NS. The molecule has 0 radical (unpaired) electrons. The fourth-order valence-corrected chi connectivity index (χ4v) is 2.63. The third kappa shape index (κ3) is 2.13. The van der Waals surface area contributed by atoms with E-state index in [1.807, 2.05) is 0 Å². The zero-order chi connectivity index (χ0) is 13.5. The molecule has 1 nitrogen and oxygen atoms in total. The molecular weight excluding hydrogens is 261 g/mol. The van der Waals surface area contributed by atoms with Gasteiger partial charge in [-0.1, -0.05) is 0 Å². The summed E-state index contributed by atoms with van der Waals surface area (Å²) >= 11 is 0. The van der Waals surface area contributed by atoms with Crippen molar-refractivity contribution in [3.8, 4) is 0 Å². The molecule has 0 spiro atoms. The predicted molar refractivity (Wildman–Crippen MR) is 57.6 cm³/mol. The maximum atomic E-state index is 13.5. The van der Waals surface area contributed by atoms with Crippen molar-refractivity contribution in [2.75, 3.05) is 26.6 Å². The van der Waals surface area contributed by atoms with Crippen molar-refractivity contribution in [3.63, 3.8) is 0 Å². The van der Waals surface area contributed by atoms with E-state index in [1.165, 1.54) is 30.9 Å². The summed E-state index contributed by atoms with van der Waals surface area (Å²) in [7, 11) is 0.779. The summed E-state index contributed by atoms with van der Waals surface area (Å²) in [5.41, 5.74) is 0. The van der Waals surface area contributed by atoms with Gasteiger partial charge in [-0.15, -0.1) is 0 Å². The predicted octanol–water partition coefficient (Wildman–Crippen LogP) is 3.28. The summed E-state index contributed by atoms with van der Waals surface area (Å²) < 4.78 is 67.4. The number of halogens is 5. The Morgan fingerprint density at radius 2 is 1.00 bits per heavy atom. The van der Waals surface area contributed by atoms with E-state index >= 15 is 0 Å². The molecule has 0 aliphatic carbocycles. The van der Waals surface area contributed by atoms with Crippen LogP contribution in [-0.2, 0) is 0 Å². The third-order valence-corrected chi connectivity index (χ3v) is 5.77. The summed E-state index contributed by atoms with van der Waals surface area (Å²) in [6, 6.07) is 0. The van der Waals surface area contributed by atoms with Crippen LogP contribution in [0.25, 0.3) is 0 Å². The zero-order valence-corrected chi connectivity index (χ0v) is 10.6. The van der Waals surface area contributed by atoms with Gasteiger partial charge in [0.2, 0.25) is 5.82 Å². The summed E-state index contributed by atoms with van der Waals surface area (Å²) in [5.74, 6) is -9.44. The summed E-state index contributed by atoms with van der Waals surface area (Å²) in [5, 5.41) is 0. The Kier molecular flexibility index (Phi) is 3.73. The number of nitrogens with zero attached hydrogens (tertiary/aromatic N) is 1. The Hall–Kier alpha value is -0.820. The standard InChI is InChI=1S/C10H12F5NS/c1-16(2)17(3,4)10-8(14)6(12)5(11)7(13)9(10)15/h1-4H3. The lowest BCUT2D eigenvalue weighted by Crippen LogP contribution is -2.21. The number of benzene rings is 1. The zero-order valence-electron chi connectivity index (χ0n) is 9.75. The first-order chi connectivity index (χ1) is 7.62. The number of hydrogen-bond acceptors (Lipinski definition) is 1. The van der Waals surface area contributed by atoms with Gasteiger partial charge in [0.25, 0.3) is 0 Å². The Bertz CT molecular complexity index is 429. The van der Waals surface area contributed by atoms with E-state index in [4.69, 9.17) is 0 Å². The average molecular weight is 273 g/mol. The van der Waals surface area contributed by atoms with Gasteiger partial charge in [0.05, 0.1) is 4.90 Å². The lowest BCUT2D eigenvalue weighted by Gasteiger charge is -2.39. The Morgan fingerprint density at radius 1 is 0.706 bits per heavy atom. The van der Waals surface area contributed by atoms with Crippen molar-refractivity contribution in [2.24, 2.45) is 0 Å². The molecule has 0 aromatic heterocycles. The summed E-state index contributed by atoms with van der Waals surface area (Å²) in [6.45, 7) is 0. The van der Waals surface area contributed by atoms with Crippen molar-refractivity contribution in [2.45, 2.75) is 4.90 Å². The van der Waals surface area contributed by atoms with Crippen LogP contribution >= 0.6 is 10.2 Å². The molecule has 0 saturated carbocycles. The van der Waals surface area contributed by atoms with Gasteiger partial charge in [0.15, 0.2) is 23.3 Å². The van der Waals surface area contributed by atoms with Crippen molar-refractivity contribution in [1.29, 1.82) is 0 Å². The van der Waals surface area contributed by atoms with E-state index in [0.29, 0.717) is 0 Å². The quantitative estimate of drug-likeness (QED) is 0.454. The van der Waals surface area contributed by atoms with Gasteiger partial charge in [-0.05, 0) is 26.6 Å². The van der Waals surface area contributed by atoms with Crippen molar-refractivity contribution in [3.05, 3.63) is 29.1 Å². The van der Waals surface area contributed by atoms with Crippen LogP contribution in [0.1, 0.15) is 0 Å². The van der Waals surface area contributed by atoms with Crippen molar-refractivity contribution >= 4 is 10.2 Å². The molecule has 1 aromatic rings. The monoisotopic (exact) mass is 273 g/mol. The molecule has 0 N–H and O–H groups in total. The van der Waals surface area contributed by atoms with Crippen LogP contribution in [0, 0.1) is 29.1 Å². The van der Waals surface area contributed by atoms with Crippen molar-refractivity contribution < 1.29 is 22.0 Å². The lowest BCUT2D eigenvalue weighted by atomic mass is 10.3. The molecule has 0 saturated heterocycles. The van der Waals surface area contributed by atoms with E-state index in [1.54, 1.807) is 0 Å². The molecule has 98 valence electrons. The van der Waals surface area contributed by atoms with Gasteiger partial charge in [-0.3, -0.25) is 4.31 Å². The maximum absolute atomic E-state index is 13.5. The molecule has 0 heterocycles. The second-order valence-corrected chi connectivity index (χ2v) is 7.67. The Morgan fingerprint density at radius 3 is 1.29 bits per heavy atom. The summed E-state index contributed by atoms with van der Waals surface area (Å²) in [4.78, 5) is -0.751. The lowest BCUT2D eigenvalue weighted by molar-refractivity contribution is 0.359. The van der Waals surface area contributed by atoms with Gasteiger partial charge in [-0.25, -0.2) is 22.0 Å². The highest BCUT2D eigenvalue weighted by atomic mass is 32.3.